The topological polar surface area (TPSA) is 12.0 Å². The fourth-order valence-electron chi connectivity index (χ4n) is 3.48. The molecule has 0 saturated carbocycles. The molecule has 2 unspecified atom stereocenters. The first-order chi connectivity index (χ1) is 7.18. The molecular weight excluding hydrogens is 182 g/mol. The van der Waals surface area contributed by atoms with Crippen LogP contribution in [-0.2, 0) is 0 Å². The summed E-state index contributed by atoms with van der Waals surface area (Å²) in [4.78, 5) is 0. The SMILES string of the molecule is CC1(C)CC2CNCC1c1ccccc12. The van der Waals surface area contributed by atoms with Crippen molar-refractivity contribution in [2.24, 2.45) is 5.41 Å². The largest absolute Gasteiger partial charge is 0.315 e. The fourth-order valence-corrected chi connectivity index (χ4v) is 3.48. The summed E-state index contributed by atoms with van der Waals surface area (Å²) in [6.45, 7) is 7.17. The Bertz CT molecular complexity index is 381. The highest BCUT2D eigenvalue weighted by atomic mass is 14.9. The minimum Gasteiger partial charge on any atom is -0.315 e. The van der Waals surface area contributed by atoms with E-state index in [2.05, 4.69) is 43.4 Å². The standard InChI is InChI=1S/C14H19N/c1-14(2)7-10-8-15-9-13(14)12-6-4-3-5-11(10)12/h3-6,10,13,15H,7-9H2,1-2H3. The van der Waals surface area contributed by atoms with Crippen molar-refractivity contribution in [2.45, 2.75) is 32.1 Å². The summed E-state index contributed by atoms with van der Waals surface area (Å²) < 4.78 is 0. The van der Waals surface area contributed by atoms with E-state index in [-0.39, 0.29) is 0 Å². The minimum atomic E-state index is 0.461. The van der Waals surface area contributed by atoms with Gasteiger partial charge in [0.1, 0.15) is 0 Å². The van der Waals surface area contributed by atoms with Crippen molar-refractivity contribution in [1.82, 2.24) is 5.32 Å². The van der Waals surface area contributed by atoms with Gasteiger partial charge in [0.15, 0.2) is 0 Å². The molecule has 80 valence electrons. The fraction of sp³-hybridized carbons (Fsp3) is 0.571. The summed E-state index contributed by atoms with van der Waals surface area (Å²) in [7, 11) is 0. The number of rotatable bonds is 0. The van der Waals surface area contributed by atoms with Crippen LogP contribution < -0.4 is 5.32 Å². The predicted octanol–water partition coefficient (Wildman–Crippen LogP) is 2.89. The number of fused-ring (bicyclic) bond motifs is 3. The third-order valence-electron chi connectivity index (χ3n) is 4.27. The van der Waals surface area contributed by atoms with Crippen molar-refractivity contribution < 1.29 is 0 Å². The van der Waals surface area contributed by atoms with Crippen LogP contribution in [0, 0.1) is 5.41 Å². The highest BCUT2D eigenvalue weighted by Crippen LogP contribution is 2.50. The first-order valence-electron chi connectivity index (χ1n) is 5.98. The lowest BCUT2D eigenvalue weighted by molar-refractivity contribution is 0.245. The van der Waals surface area contributed by atoms with Gasteiger partial charge in [0, 0.05) is 19.0 Å². The first-order valence-corrected chi connectivity index (χ1v) is 5.98. The molecule has 2 aliphatic heterocycles. The molecule has 1 N–H and O–H groups in total. The number of hydrogen-bond donors (Lipinski definition) is 1. The molecule has 15 heavy (non-hydrogen) atoms. The van der Waals surface area contributed by atoms with E-state index in [1.807, 2.05) is 0 Å². The molecule has 1 aromatic carbocycles. The first kappa shape index (κ1) is 9.41. The number of benzene rings is 1. The van der Waals surface area contributed by atoms with Crippen LogP contribution in [0.3, 0.4) is 0 Å². The van der Waals surface area contributed by atoms with Crippen molar-refractivity contribution >= 4 is 0 Å². The Morgan fingerprint density at radius 2 is 1.87 bits per heavy atom. The molecule has 0 amide bonds. The number of nitrogens with one attached hydrogen (secondary N) is 1. The van der Waals surface area contributed by atoms with Crippen LogP contribution in [-0.4, -0.2) is 13.1 Å². The van der Waals surface area contributed by atoms with Crippen LogP contribution in [0.25, 0.3) is 0 Å². The molecule has 4 rings (SSSR count). The highest BCUT2D eigenvalue weighted by molar-refractivity contribution is 5.39. The quantitative estimate of drug-likeness (QED) is 0.680. The van der Waals surface area contributed by atoms with Gasteiger partial charge < -0.3 is 5.32 Å². The van der Waals surface area contributed by atoms with Crippen LogP contribution >= 0.6 is 0 Å². The average Bonchev–Trinajstić information content (AvgIpc) is 2.47. The van der Waals surface area contributed by atoms with Crippen molar-refractivity contribution in [3.05, 3.63) is 35.4 Å². The molecule has 0 radical (unpaired) electrons. The van der Waals surface area contributed by atoms with Crippen molar-refractivity contribution in [2.75, 3.05) is 13.1 Å². The maximum Gasteiger partial charge on any atom is 0.00256 e. The Morgan fingerprint density at radius 1 is 1.13 bits per heavy atom. The van der Waals surface area contributed by atoms with Gasteiger partial charge >= 0.3 is 0 Å². The van der Waals surface area contributed by atoms with Gasteiger partial charge in [-0.3, -0.25) is 0 Å². The van der Waals surface area contributed by atoms with Gasteiger partial charge in [-0.25, -0.2) is 0 Å². The summed E-state index contributed by atoms with van der Waals surface area (Å²) >= 11 is 0. The van der Waals surface area contributed by atoms with E-state index in [1.54, 1.807) is 11.1 Å². The monoisotopic (exact) mass is 201 g/mol. The normalized spacial score (nSPS) is 32.1. The predicted molar refractivity (Wildman–Crippen MR) is 63.2 cm³/mol. The van der Waals surface area contributed by atoms with Crippen molar-refractivity contribution in [3.63, 3.8) is 0 Å². The Labute approximate surface area is 91.9 Å². The summed E-state index contributed by atoms with van der Waals surface area (Å²) in [5.74, 6) is 1.43. The molecule has 1 saturated heterocycles. The number of hydrogen-bond acceptors (Lipinski definition) is 1. The maximum absolute atomic E-state index is 3.61. The molecule has 0 spiro atoms. The zero-order valence-corrected chi connectivity index (χ0v) is 9.59. The van der Waals surface area contributed by atoms with Gasteiger partial charge in [-0.05, 0) is 28.9 Å². The molecule has 1 aromatic rings. The lowest BCUT2D eigenvalue weighted by Crippen LogP contribution is -2.30. The third kappa shape index (κ3) is 1.33. The molecule has 0 aromatic heterocycles. The van der Waals surface area contributed by atoms with Crippen molar-refractivity contribution in [3.8, 4) is 0 Å². The van der Waals surface area contributed by atoms with Gasteiger partial charge in [-0.1, -0.05) is 38.1 Å². The highest BCUT2D eigenvalue weighted by Gasteiger charge is 2.41. The Kier molecular flexibility index (Phi) is 1.93. The maximum atomic E-state index is 3.61. The van der Waals surface area contributed by atoms with E-state index in [0.717, 1.165) is 19.0 Å². The smallest absolute Gasteiger partial charge is 0.00256 e. The zero-order chi connectivity index (χ0) is 10.5. The van der Waals surface area contributed by atoms with E-state index in [0.29, 0.717) is 11.3 Å². The van der Waals surface area contributed by atoms with Crippen LogP contribution in [0.5, 0.6) is 0 Å². The van der Waals surface area contributed by atoms with E-state index < -0.39 is 0 Å². The summed E-state index contributed by atoms with van der Waals surface area (Å²) in [5, 5.41) is 3.61. The van der Waals surface area contributed by atoms with Gasteiger partial charge in [0.25, 0.3) is 0 Å². The van der Waals surface area contributed by atoms with E-state index in [9.17, 15) is 0 Å². The molecular formula is C14H19N. The van der Waals surface area contributed by atoms with Gasteiger partial charge in [-0.15, -0.1) is 0 Å². The zero-order valence-electron chi connectivity index (χ0n) is 9.59. The molecule has 1 heteroatoms. The molecule has 2 bridgehead atoms. The third-order valence-corrected chi connectivity index (χ3v) is 4.27. The molecule has 1 nitrogen and oxygen atoms in total. The van der Waals surface area contributed by atoms with Crippen LogP contribution in [0.2, 0.25) is 0 Å². The summed E-state index contributed by atoms with van der Waals surface area (Å²) in [6, 6.07) is 9.04. The molecule has 3 aliphatic rings. The minimum absolute atomic E-state index is 0.461. The Morgan fingerprint density at radius 3 is 2.67 bits per heavy atom. The second kappa shape index (κ2) is 3.08. The van der Waals surface area contributed by atoms with Gasteiger partial charge in [-0.2, -0.15) is 0 Å². The molecule has 2 atom stereocenters. The molecule has 1 fully saturated rings. The molecule has 1 aliphatic carbocycles. The Balaban J connectivity index is 2.18. The molecule has 2 heterocycles. The lowest BCUT2D eigenvalue weighted by atomic mass is 9.64. The average molecular weight is 201 g/mol. The van der Waals surface area contributed by atoms with E-state index >= 15 is 0 Å². The second-order valence-corrected chi connectivity index (χ2v) is 5.73. The Hall–Kier alpha value is -0.820. The summed E-state index contributed by atoms with van der Waals surface area (Å²) in [5.41, 5.74) is 3.67. The van der Waals surface area contributed by atoms with E-state index in [1.165, 1.54) is 6.42 Å². The lowest BCUT2D eigenvalue weighted by Gasteiger charge is -2.40. The van der Waals surface area contributed by atoms with E-state index in [4.69, 9.17) is 0 Å². The van der Waals surface area contributed by atoms with Crippen LogP contribution in [0.4, 0.5) is 0 Å². The van der Waals surface area contributed by atoms with Gasteiger partial charge in [0.05, 0.1) is 0 Å². The van der Waals surface area contributed by atoms with Crippen LogP contribution in [0.15, 0.2) is 24.3 Å². The summed E-state index contributed by atoms with van der Waals surface area (Å²) in [6.07, 6.45) is 1.34. The van der Waals surface area contributed by atoms with Crippen molar-refractivity contribution in [1.29, 1.82) is 0 Å². The second-order valence-electron chi connectivity index (χ2n) is 5.73. The van der Waals surface area contributed by atoms with Gasteiger partial charge in [0.2, 0.25) is 0 Å². The van der Waals surface area contributed by atoms with Crippen LogP contribution in [0.1, 0.15) is 43.2 Å².